The summed E-state index contributed by atoms with van der Waals surface area (Å²) in [6, 6.07) is 10.1. The molecule has 7 heteroatoms. The Balaban J connectivity index is 1.33. The van der Waals surface area contributed by atoms with Gasteiger partial charge in [-0.05, 0) is 41.0 Å². The smallest absolute Gasteiger partial charge is 0.246 e. The highest BCUT2D eigenvalue weighted by molar-refractivity contribution is 5.92. The van der Waals surface area contributed by atoms with Gasteiger partial charge in [-0.3, -0.25) is 9.69 Å². The Morgan fingerprint density at radius 2 is 1.72 bits per heavy atom. The molecule has 0 aromatic heterocycles. The second kappa shape index (κ2) is 9.96. The molecule has 0 atom stereocenters. The van der Waals surface area contributed by atoms with E-state index in [1.165, 1.54) is 11.1 Å². The Morgan fingerprint density at radius 3 is 2.38 bits per heavy atom. The van der Waals surface area contributed by atoms with Crippen molar-refractivity contribution in [2.45, 2.75) is 13.0 Å². The zero-order valence-electron chi connectivity index (χ0n) is 18.9. The van der Waals surface area contributed by atoms with E-state index >= 15 is 0 Å². The van der Waals surface area contributed by atoms with E-state index in [4.69, 9.17) is 18.9 Å². The Hall–Kier alpha value is -3.19. The van der Waals surface area contributed by atoms with Gasteiger partial charge in [-0.1, -0.05) is 12.1 Å². The summed E-state index contributed by atoms with van der Waals surface area (Å²) < 4.78 is 21.7. The van der Waals surface area contributed by atoms with E-state index in [2.05, 4.69) is 23.1 Å². The maximum Gasteiger partial charge on any atom is 0.246 e. The van der Waals surface area contributed by atoms with E-state index < -0.39 is 0 Å². The molecule has 2 heterocycles. The number of hydrogen-bond donors (Lipinski definition) is 0. The first kappa shape index (κ1) is 22.0. The third kappa shape index (κ3) is 4.83. The molecule has 1 fully saturated rings. The van der Waals surface area contributed by atoms with Crippen LogP contribution in [0.4, 0.5) is 0 Å². The second-order valence-electron chi connectivity index (χ2n) is 7.93. The zero-order valence-corrected chi connectivity index (χ0v) is 18.9. The monoisotopic (exact) mass is 438 g/mol. The number of fused-ring (bicyclic) bond motifs is 1. The van der Waals surface area contributed by atoms with Gasteiger partial charge < -0.3 is 23.8 Å². The molecule has 0 unspecified atom stereocenters. The Bertz CT molecular complexity index is 971. The highest BCUT2D eigenvalue weighted by Crippen LogP contribution is 2.38. The third-order valence-electron chi connectivity index (χ3n) is 5.95. The highest BCUT2D eigenvalue weighted by atomic mass is 16.5. The van der Waals surface area contributed by atoms with Crippen molar-refractivity contribution in [3.8, 4) is 23.0 Å². The van der Waals surface area contributed by atoms with Crippen LogP contribution in [0, 0.1) is 0 Å². The fourth-order valence-corrected chi connectivity index (χ4v) is 4.19. The molecule has 2 aliphatic rings. The van der Waals surface area contributed by atoms with Gasteiger partial charge in [0, 0.05) is 45.2 Å². The van der Waals surface area contributed by atoms with Gasteiger partial charge in [0.1, 0.15) is 5.75 Å². The molecule has 0 aliphatic carbocycles. The van der Waals surface area contributed by atoms with Crippen LogP contribution in [0.1, 0.15) is 16.7 Å². The quantitative estimate of drug-likeness (QED) is 0.620. The summed E-state index contributed by atoms with van der Waals surface area (Å²) in [5.41, 5.74) is 3.41. The molecule has 32 heavy (non-hydrogen) atoms. The fraction of sp³-hybridized carbons (Fsp3) is 0.400. The summed E-state index contributed by atoms with van der Waals surface area (Å²) in [6.07, 6.45) is 4.38. The summed E-state index contributed by atoms with van der Waals surface area (Å²) in [6.45, 7) is 4.83. The molecule has 2 aromatic carbocycles. The number of amides is 1. The van der Waals surface area contributed by atoms with Crippen LogP contribution in [-0.2, 0) is 17.8 Å². The lowest BCUT2D eigenvalue weighted by molar-refractivity contribution is -0.127. The van der Waals surface area contributed by atoms with Crippen LogP contribution in [0.2, 0.25) is 0 Å². The molecule has 1 saturated heterocycles. The van der Waals surface area contributed by atoms with Gasteiger partial charge in [-0.15, -0.1) is 0 Å². The summed E-state index contributed by atoms with van der Waals surface area (Å²) in [5, 5.41) is 0. The molecule has 7 nitrogen and oxygen atoms in total. The van der Waals surface area contributed by atoms with Crippen molar-refractivity contribution in [1.29, 1.82) is 0 Å². The van der Waals surface area contributed by atoms with Crippen molar-refractivity contribution in [3.05, 3.63) is 53.1 Å². The SMILES string of the molecule is COc1cc(/C=C/C(=O)N2CCN(Cc3ccc4c(c3)CCO4)CC2)cc(OC)c1OC. The van der Waals surface area contributed by atoms with Gasteiger partial charge >= 0.3 is 0 Å². The number of benzene rings is 2. The maximum absolute atomic E-state index is 12.7. The van der Waals surface area contributed by atoms with Crippen LogP contribution in [-0.4, -0.2) is 69.8 Å². The molecule has 4 rings (SSSR count). The molecule has 0 saturated carbocycles. The number of ether oxygens (including phenoxy) is 4. The van der Waals surface area contributed by atoms with Gasteiger partial charge in [-0.25, -0.2) is 0 Å². The summed E-state index contributed by atoms with van der Waals surface area (Å²) >= 11 is 0. The van der Waals surface area contributed by atoms with E-state index in [0.29, 0.717) is 30.3 Å². The minimum absolute atomic E-state index is 0.00748. The molecule has 170 valence electrons. The van der Waals surface area contributed by atoms with Crippen molar-refractivity contribution >= 4 is 12.0 Å². The highest BCUT2D eigenvalue weighted by Gasteiger charge is 2.21. The molecule has 0 bridgehead atoms. The van der Waals surface area contributed by atoms with Crippen LogP contribution in [0.5, 0.6) is 23.0 Å². The minimum atomic E-state index is 0.00748. The average molecular weight is 439 g/mol. The Kier molecular flexibility index (Phi) is 6.85. The molecule has 2 aromatic rings. The molecular weight excluding hydrogens is 408 g/mol. The van der Waals surface area contributed by atoms with E-state index in [1.54, 1.807) is 33.5 Å². The number of methoxy groups -OCH3 is 3. The predicted octanol–water partition coefficient (Wildman–Crippen LogP) is 3.00. The summed E-state index contributed by atoms with van der Waals surface area (Å²) in [7, 11) is 4.72. The fourth-order valence-electron chi connectivity index (χ4n) is 4.19. The first-order valence-corrected chi connectivity index (χ1v) is 10.8. The second-order valence-corrected chi connectivity index (χ2v) is 7.93. The topological polar surface area (TPSA) is 60.5 Å². The van der Waals surface area contributed by atoms with Gasteiger partial charge in [0.15, 0.2) is 11.5 Å². The lowest BCUT2D eigenvalue weighted by Crippen LogP contribution is -2.47. The Morgan fingerprint density at radius 1 is 1.00 bits per heavy atom. The normalized spacial score (nSPS) is 16.0. The maximum atomic E-state index is 12.7. The first-order chi connectivity index (χ1) is 15.6. The van der Waals surface area contributed by atoms with Gasteiger partial charge in [-0.2, -0.15) is 0 Å². The van der Waals surface area contributed by atoms with Crippen LogP contribution in [0.25, 0.3) is 6.08 Å². The van der Waals surface area contributed by atoms with E-state index in [1.807, 2.05) is 17.0 Å². The molecule has 1 amide bonds. The van der Waals surface area contributed by atoms with Crippen molar-refractivity contribution in [2.24, 2.45) is 0 Å². The summed E-state index contributed by atoms with van der Waals surface area (Å²) in [5.74, 6) is 2.68. The lowest BCUT2D eigenvalue weighted by Gasteiger charge is -2.34. The summed E-state index contributed by atoms with van der Waals surface area (Å²) in [4.78, 5) is 17.0. The molecular formula is C25H30N2O5. The number of carbonyl (C=O) groups excluding carboxylic acids is 1. The van der Waals surface area contributed by atoms with Crippen LogP contribution in [0.15, 0.2) is 36.4 Å². The Labute approximate surface area is 189 Å². The molecule has 0 spiro atoms. The van der Waals surface area contributed by atoms with Gasteiger partial charge in [0.25, 0.3) is 0 Å². The van der Waals surface area contributed by atoms with Crippen LogP contribution >= 0.6 is 0 Å². The van der Waals surface area contributed by atoms with Crippen molar-refractivity contribution < 1.29 is 23.7 Å². The third-order valence-corrected chi connectivity index (χ3v) is 5.95. The van der Waals surface area contributed by atoms with E-state index in [0.717, 1.165) is 44.0 Å². The average Bonchev–Trinajstić information content (AvgIpc) is 3.30. The number of nitrogens with zero attached hydrogens (tertiary/aromatic N) is 2. The largest absolute Gasteiger partial charge is 0.493 e. The van der Waals surface area contributed by atoms with E-state index in [9.17, 15) is 4.79 Å². The number of carbonyl (C=O) groups is 1. The van der Waals surface area contributed by atoms with Crippen molar-refractivity contribution in [3.63, 3.8) is 0 Å². The van der Waals surface area contributed by atoms with Crippen LogP contribution in [0.3, 0.4) is 0 Å². The number of piperazine rings is 1. The van der Waals surface area contributed by atoms with Crippen LogP contribution < -0.4 is 18.9 Å². The van der Waals surface area contributed by atoms with Crippen molar-refractivity contribution in [2.75, 3.05) is 54.1 Å². The van der Waals surface area contributed by atoms with E-state index in [-0.39, 0.29) is 5.91 Å². The number of hydrogen-bond acceptors (Lipinski definition) is 6. The first-order valence-electron chi connectivity index (χ1n) is 10.8. The van der Waals surface area contributed by atoms with Gasteiger partial charge in [0.05, 0.1) is 27.9 Å². The molecule has 0 N–H and O–H groups in total. The molecule has 0 radical (unpaired) electrons. The lowest BCUT2D eigenvalue weighted by atomic mass is 10.1. The standard InChI is InChI=1S/C25H30N2O5/c1-29-22-15-18(16-23(30-2)25(22)31-3)5-7-24(28)27-11-9-26(10-12-27)17-19-4-6-21-20(14-19)8-13-32-21/h4-7,14-16H,8-13,17H2,1-3H3/b7-5+. The molecule has 2 aliphatic heterocycles. The number of rotatable bonds is 7. The predicted molar refractivity (Wildman–Crippen MR) is 123 cm³/mol. The zero-order chi connectivity index (χ0) is 22.5. The van der Waals surface area contributed by atoms with Crippen molar-refractivity contribution in [1.82, 2.24) is 9.80 Å². The minimum Gasteiger partial charge on any atom is -0.493 e. The van der Waals surface area contributed by atoms with Gasteiger partial charge in [0.2, 0.25) is 11.7 Å².